The Labute approximate surface area is 130 Å². The Balaban J connectivity index is 2.17. The smallest absolute Gasteiger partial charge is 0.147 e. The molecule has 8 heteroatoms. The molecule has 0 bridgehead atoms. The number of aromatic nitrogens is 2. The lowest BCUT2D eigenvalue weighted by molar-refractivity contribution is 0.588. The van der Waals surface area contributed by atoms with Gasteiger partial charge in [-0.2, -0.15) is 0 Å². The fourth-order valence-electron chi connectivity index (χ4n) is 1.85. The molecule has 0 amide bonds. The fraction of sp³-hybridized carbons (Fsp3) is 0.308. The SMILES string of the molecule is CS(=O)(=O)CCC(N)c1ncc(-c2ccc(Br)cc2F)[nH]1. The summed E-state index contributed by atoms with van der Waals surface area (Å²) in [6.07, 6.45) is 2.90. The summed E-state index contributed by atoms with van der Waals surface area (Å²) in [7, 11) is -3.07. The van der Waals surface area contributed by atoms with E-state index in [1.807, 2.05) is 0 Å². The standard InChI is InChI=1S/C13H15BrFN3O2S/c1-21(19,20)5-4-11(16)13-17-7-12(18-13)9-3-2-8(14)6-10(9)15/h2-3,6-7,11H,4-5,16H2,1H3,(H,17,18). The second-order valence-corrected chi connectivity index (χ2v) is 8.01. The van der Waals surface area contributed by atoms with E-state index in [9.17, 15) is 12.8 Å². The molecule has 0 aliphatic heterocycles. The van der Waals surface area contributed by atoms with Gasteiger partial charge < -0.3 is 10.7 Å². The molecule has 1 heterocycles. The summed E-state index contributed by atoms with van der Waals surface area (Å²) >= 11 is 3.19. The Kier molecular flexibility index (Phi) is 4.80. The van der Waals surface area contributed by atoms with Crippen LogP contribution in [0, 0.1) is 5.82 Å². The van der Waals surface area contributed by atoms with Crippen LogP contribution in [-0.2, 0) is 9.84 Å². The van der Waals surface area contributed by atoms with E-state index in [1.165, 1.54) is 12.3 Å². The van der Waals surface area contributed by atoms with Gasteiger partial charge in [0.1, 0.15) is 21.5 Å². The van der Waals surface area contributed by atoms with Gasteiger partial charge in [-0.25, -0.2) is 17.8 Å². The van der Waals surface area contributed by atoms with E-state index in [2.05, 4.69) is 25.9 Å². The summed E-state index contributed by atoms with van der Waals surface area (Å²) in [5.74, 6) is 0.0388. The third kappa shape index (κ3) is 4.36. The third-order valence-electron chi connectivity index (χ3n) is 2.97. The molecular formula is C13H15BrFN3O2S. The van der Waals surface area contributed by atoms with Gasteiger partial charge in [0.05, 0.1) is 23.7 Å². The highest BCUT2D eigenvalue weighted by atomic mass is 79.9. The van der Waals surface area contributed by atoms with Crippen molar-refractivity contribution in [2.45, 2.75) is 12.5 Å². The van der Waals surface area contributed by atoms with Gasteiger partial charge in [-0.1, -0.05) is 15.9 Å². The number of H-pyrrole nitrogens is 1. The number of hydrogen-bond donors (Lipinski definition) is 2. The van der Waals surface area contributed by atoms with E-state index >= 15 is 0 Å². The lowest BCUT2D eigenvalue weighted by Crippen LogP contribution is -2.16. The Morgan fingerprint density at radius 2 is 2.19 bits per heavy atom. The summed E-state index contributed by atoms with van der Waals surface area (Å²) in [4.78, 5) is 7.04. The number of benzene rings is 1. The van der Waals surface area contributed by atoms with Crippen LogP contribution in [0.4, 0.5) is 4.39 Å². The van der Waals surface area contributed by atoms with E-state index in [4.69, 9.17) is 5.73 Å². The average Bonchev–Trinajstić information content (AvgIpc) is 2.84. The number of halogens is 2. The summed E-state index contributed by atoms with van der Waals surface area (Å²) < 4.78 is 36.8. The van der Waals surface area contributed by atoms with Crippen LogP contribution in [0.2, 0.25) is 0 Å². The molecule has 0 saturated heterocycles. The van der Waals surface area contributed by atoms with E-state index in [-0.39, 0.29) is 18.0 Å². The molecule has 2 rings (SSSR count). The monoisotopic (exact) mass is 375 g/mol. The van der Waals surface area contributed by atoms with Crippen molar-refractivity contribution in [2.75, 3.05) is 12.0 Å². The summed E-state index contributed by atoms with van der Waals surface area (Å²) in [6.45, 7) is 0. The van der Waals surface area contributed by atoms with Crippen LogP contribution in [0.3, 0.4) is 0 Å². The van der Waals surface area contributed by atoms with Crippen LogP contribution in [0.5, 0.6) is 0 Å². The Bertz CT molecular complexity index is 746. The van der Waals surface area contributed by atoms with Gasteiger partial charge in [0.25, 0.3) is 0 Å². The highest BCUT2D eigenvalue weighted by Crippen LogP contribution is 2.25. The van der Waals surface area contributed by atoms with Crippen molar-refractivity contribution in [3.05, 3.63) is 40.5 Å². The lowest BCUT2D eigenvalue weighted by atomic mass is 10.1. The molecule has 2 aromatic rings. The second kappa shape index (κ2) is 6.25. The molecule has 114 valence electrons. The molecule has 5 nitrogen and oxygen atoms in total. The molecule has 1 aromatic carbocycles. The zero-order chi connectivity index (χ0) is 15.6. The van der Waals surface area contributed by atoms with Gasteiger partial charge in [-0.05, 0) is 24.6 Å². The van der Waals surface area contributed by atoms with E-state index in [1.54, 1.807) is 12.1 Å². The van der Waals surface area contributed by atoms with Crippen molar-refractivity contribution < 1.29 is 12.8 Å². The molecule has 0 fully saturated rings. The first-order valence-electron chi connectivity index (χ1n) is 6.20. The zero-order valence-corrected chi connectivity index (χ0v) is 13.7. The fourth-order valence-corrected chi connectivity index (χ4v) is 2.86. The number of imidazole rings is 1. The maximum Gasteiger partial charge on any atom is 0.147 e. The molecule has 0 aliphatic carbocycles. The minimum Gasteiger partial charge on any atom is -0.341 e. The minimum atomic E-state index is -3.07. The molecule has 21 heavy (non-hydrogen) atoms. The largest absolute Gasteiger partial charge is 0.341 e. The van der Waals surface area contributed by atoms with Crippen LogP contribution in [-0.4, -0.2) is 30.4 Å². The molecule has 1 aromatic heterocycles. The van der Waals surface area contributed by atoms with Crippen LogP contribution < -0.4 is 5.73 Å². The van der Waals surface area contributed by atoms with E-state index < -0.39 is 15.9 Å². The van der Waals surface area contributed by atoms with Crippen LogP contribution in [0.1, 0.15) is 18.3 Å². The molecular weight excluding hydrogens is 361 g/mol. The number of aromatic amines is 1. The van der Waals surface area contributed by atoms with E-state index in [0.29, 0.717) is 21.6 Å². The van der Waals surface area contributed by atoms with Gasteiger partial charge in [-0.3, -0.25) is 0 Å². The molecule has 3 N–H and O–H groups in total. The lowest BCUT2D eigenvalue weighted by Gasteiger charge is -2.07. The van der Waals surface area contributed by atoms with Crippen LogP contribution >= 0.6 is 15.9 Å². The van der Waals surface area contributed by atoms with Crippen molar-refractivity contribution >= 4 is 25.8 Å². The topological polar surface area (TPSA) is 88.8 Å². The van der Waals surface area contributed by atoms with Gasteiger partial charge in [-0.15, -0.1) is 0 Å². The molecule has 0 aliphatic rings. The van der Waals surface area contributed by atoms with Crippen molar-refractivity contribution in [3.63, 3.8) is 0 Å². The maximum absolute atomic E-state index is 13.9. The third-order valence-corrected chi connectivity index (χ3v) is 4.44. The first kappa shape index (κ1) is 16.1. The van der Waals surface area contributed by atoms with Gasteiger partial charge in [0, 0.05) is 16.3 Å². The van der Waals surface area contributed by atoms with Crippen molar-refractivity contribution in [1.29, 1.82) is 0 Å². The average molecular weight is 376 g/mol. The van der Waals surface area contributed by atoms with Crippen molar-refractivity contribution in [1.82, 2.24) is 9.97 Å². The number of nitrogens with zero attached hydrogens (tertiary/aromatic N) is 1. The Morgan fingerprint density at radius 1 is 1.48 bits per heavy atom. The minimum absolute atomic E-state index is 0.0170. The normalized spacial score (nSPS) is 13.3. The molecule has 0 saturated carbocycles. The molecule has 0 radical (unpaired) electrons. The quantitative estimate of drug-likeness (QED) is 0.839. The number of nitrogens with one attached hydrogen (secondary N) is 1. The van der Waals surface area contributed by atoms with Gasteiger partial charge in [0.15, 0.2) is 0 Å². The first-order valence-corrected chi connectivity index (χ1v) is 9.05. The molecule has 0 spiro atoms. The van der Waals surface area contributed by atoms with Crippen molar-refractivity contribution in [3.8, 4) is 11.3 Å². The Morgan fingerprint density at radius 3 is 2.81 bits per heavy atom. The first-order chi connectivity index (χ1) is 9.76. The molecule has 1 unspecified atom stereocenters. The Hall–Kier alpha value is -1.25. The number of hydrogen-bond acceptors (Lipinski definition) is 4. The summed E-state index contributed by atoms with van der Waals surface area (Å²) in [5.41, 5.74) is 6.78. The highest BCUT2D eigenvalue weighted by Gasteiger charge is 2.15. The molecule has 1 atom stereocenters. The van der Waals surface area contributed by atoms with Gasteiger partial charge in [0.2, 0.25) is 0 Å². The van der Waals surface area contributed by atoms with Gasteiger partial charge >= 0.3 is 0 Å². The van der Waals surface area contributed by atoms with Crippen LogP contribution in [0.25, 0.3) is 11.3 Å². The number of rotatable bonds is 5. The van der Waals surface area contributed by atoms with Crippen molar-refractivity contribution in [2.24, 2.45) is 5.73 Å². The number of sulfone groups is 1. The van der Waals surface area contributed by atoms with Crippen LogP contribution in [0.15, 0.2) is 28.9 Å². The maximum atomic E-state index is 13.9. The predicted molar refractivity (Wildman–Crippen MR) is 82.9 cm³/mol. The highest BCUT2D eigenvalue weighted by molar-refractivity contribution is 9.10. The predicted octanol–water partition coefficient (Wildman–Crippen LogP) is 2.41. The summed E-state index contributed by atoms with van der Waals surface area (Å²) in [5, 5.41) is 0. The zero-order valence-electron chi connectivity index (χ0n) is 11.3. The second-order valence-electron chi connectivity index (χ2n) is 4.83. The number of nitrogens with two attached hydrogens (primary N) is 1. The van der Waals surface area contributed by atoms with E-state index in [0.717, 1.165) is 6.26 Å². The summed E-state index contributed by atoms with van der Waals surface area (Å²) in [6, 6.07) is 4.17.